The van der Waals surface area contributed by atoms with Crippen LogP contribution in [0.4, 0.5) is 0 Å². The summed E-state index contributed by atoms with van der Waals surface area (Å²) in [4.78, 5) is 0. The lowest BCUT2D eigenvalue weighted by Gasteiger charge is -2.13. The third kappa shape index (κ3) is 4.96. The number of hydrogen-bond acceptors (Lipinski definition) is 3. The van der Waals surface area contributed by atoms with Gasteiger partial charge in [0.2, 0.25) is 0 Å². The minimum atomic E-state index is 0.631. The van der Waals surface area contributed by atoms with Gasteiger partial charge in [-0.05, 0) is 40.5 Å². The average molecular weight is 302 g/mol. The summed E-state index contributed by atoms with van der Waals surface area (Å²) in [5.74, 6) is 2.18. The van der Waals surface area contributed by atoms with E-state index < -0.39 is 0 Å². The van der Waals surface area contributed by atoms with Crippen LogP contribution < -0.4 is 14.8 Å². The molecule has 4 heteroatoms. The quantitative estimate of drug-likeness (QED) is 0.785. The highest BCUT2D eigenvalue weighted by molar-refractivity contribution is 9.10. The molecular formula is C13H20BrNO2. The Morgan fingerprint density at radius 3 is 2.76 bits per heavy atom. The molecule has 0 aliphatic rings. The van der Waals surface area contributed by atoms with Gasteiger partial charge in [-0.1, -0.05) is 19.9 Å². The van der Waals surface area contributed by atoms with E-state index in [2.05, 4.69) is 35.1 Å². The van der Waals surface area contributed by atoms with Gasteiger partial charge in [0.15, 0.2) is 11.5 Å². The van der Waals surface area contributed by atoms with E-state index >= 15 is 0 Å². The maximum absolute atomic E-state index is 5.71. The normalized spacial score (nSPS) is 10.6. The van der Waals surface area contributed by atoms with Crippen LogP contribution in [0.25, 0.3) is 0 Å². The van der Waals surface area contributed by atoms with Crippen LogP contribution in [0.2, 0.25) is 0 Å². The number of para-hydroxylation sites is 1. The zero-order valence-corrected chi connectivity index (χ0v) is 12.2. The van der Waals surface area contributed by atoms with Gasteiger partial charge < -0.3 is 14.8 Å². The summed E-state index contributed by atoms with van der Waals surface area (Å²) in [6.45, 7) is 6.85. The van der Waals surface area contributed by atoms with Crippen LogP contribution in [-0.2, 0) is 0 Å². The van der Waals surface area contributed by atoms with Gasteiger partial charge in [0.25, 0.3) is 0 Å². The summed E-state index contributed by atoms with van der Waals surface area (Å²) in [6.07, 6.45) is 0. The van der Waals surface area contributed by atoms with Gasteiger partial charge in [-0.15, -0.1) is 0 Å². The molecule has 0 fully saturated rings. The summed E-state index contributed by atoms with van der Waals surface area (Å²) in [6, 6.07) is 5.76. The number of halogens is 1. The molecule has 0 heterocycles. The molecule has 0 amide bonds. The fraction of sp³-hybridized carbons (Fsp3) is 0.538. The van der Waals surface area contributed by atoms with E-state index in [4.69, 9.17) is 9.47 Å². The summed E-state index contributed by atoms with van der Waals surface area (Å²) < 4.78 is 11.9. The van der Waals surface area contributed by atoms with Gasteiger partial charge in [0, 0.05) is 6.54 Å². The van der Waals surface area contributed by atoms with E-state index in [1.165, 1.54) is 0 Å². The maximum atomic E-state index is 5.71. The van der Waals surface area contributed by atoms with Crippen LogP contribution in [0.3, 0.4) is 0 Å². The van der Waals surface area contributed by atoms with Gasteiger partial charge in [-0.25, -0.2) is 0 Å². The number of hydrogen-bond donors (Lipinski definition) is 1. The predicted molar refractivity (Wildman–Crippen MR) is 73.9 cm³/mol. The van der Waals surface area contributed by atoms with Crippen LogP contribution >= 0.6 is 15.9 Å². The standard InChI is InChI=1S/C13H20BrNO2/c1-10(2)9-15-7-8-17-13-11(14)5-4-6-12(13)16-3/h4-6,10,15H,7-9H2,1-3H3. The molecule has 1 aromatic carbocycles. The molecule has 0 bridgehead atoms. The molecule has 1 rings (SSSR count). The molecule has 0 aromatic heterocycles. The van der Waals surface area contributed by atoms with Crippen LogP contribution in [0.5, 0.6) is 11.5 Å². The highest BCUT2D eigenvalue weighted by Gasteiger charge is 2.07. The Balaban J connectivity index is 2.40. The zero-order valence-electron chi connectivity index (χ0n) is 10.6. The van der Waals surface area contributed by atoms with Crippen molar-refractivity contribution in [1.82, 2.24) is 5.32 Å². The van der Waals surface area contributed by atoms with Crippen LogP contribution in [0.1, 0.15) is 13.8 Å². The Bertz CT molecular complexity index is 342. The molecule has 0 aliphatic carbocycles. The van der Waals surface area contributed by atoms with E-state index in [0.29, 0.717) is 12.5 Å². The zero-order chi connectivity index (χ0) is 12.7. The molecule has 17 heavy (non-hydrogen) atoms. The second-order valence-electron chi connectivity index (χ2n) is 4.22. The summed E-state index contributed by atoms with van der Waals surface area (Å²) in [7, 11) is 1.64. The molecule has 96 valence electrons. The number of nitrogens with one attached hydrogen (secondary N) is 1. The van der Waals surface area contributed by atoms with Crippen molar-refractivity contribution in [3.63, 3.8) is 0 Å². The molecule has 0 spiro atoms. The van der Waals surface area contributed by atoms with Crippen molar-refractivity contribution in [3.8, 4) is 11.5 Å². The fourth-order valence-electron chi connectivity index (χ4n) is 1.41. The van der Waals surface area contributed by atoms with E-state index in [0.717, 1.165) is 29.1 Å². The minimum absolute atomic E-state index is 0.631. The van der Waals surface area contributed by atoms with Gasteiger partial charge in [-0.3, -0.25) is 0 Å². The summed E-state index contributed by atoms with van der Waals surface area (Å²) in [5, 5.41) is 3.33. The lowest BCUT2D eigenvalue weighted by atomic mass is 10.2. The van der Waals surface area contributed by atoms with Gasteiger partial charge >= 0.3 is 0 Å². The van der Waals surface area contributed by atoms with Crippen molar-refractivity contribution in [2.45, 2.75) is 13.8 Å². The molecule has 0 unspecified atom stereocenters. The van der Waals surface area contributed by atoms with Crippen molar-refractivity contribution in [1.29, 1.82) is 0 Å². The maximum Gasteiger partial charge on any atom is 0.175 e. The molecule has 3 nitrogen and oxygen atoms in total. The van der Waals surface area contributed by atoms with Crippen molar-refractivity contribution < 1.29 is 9.47 Å². The second kappa shape index (κ2) is 7.56. The Morgan fingerprint density at radius 1 is 1.35 bits per heavy atom. The van der Waals surface area contributed by atoms with Crippen LogP contribution in [0.15, 0.2) is 22.7 Å². The van der Waals surface area contributed by atoms with E-state index in [1.807, 2.05) is 18.2 Å². The third-order valence-electron chi connectivity index (χ3n) is 2.23. The number of benzene rings is 1. The fourth-order valence-corrected chi connectivity index (χ4v) is 1.87. The molecule has 0 radical (unpaired) electrons. The topological polar surface area (TPSA) is 30.5 Å². The van der Waals surface area contributed by atoms with E-state index in [1.54, 1.807) is 7.11 Å². The third-order valence-corrected chi connectivity index (χ3v) is 2.85. The summed E-state index contributed by atoms with van der Waals surface area (Å²) in [5.41, 5.74) is 0. The monoisotopic (exact) mass is 301 g/mol. The van der Waals surface area contributed by atoms with Crippen molar-refractivity contribution in [3.05, 3.63) is 22.7 Å². The predicted octanol–water partition coefficient (Wildman–Crippen LogP) is 3.08. The number of rotatable bonds is 7. The SMILES string of the molecule is COc1cccc(Br)c1OCCNCC(C)C. The molecule has 1 aromatic rings. The lowest BCUT2D eigenvalue weighted by Crippen LogP contribution is -2.25. The Morgan fingerprint density at radius 2 is 2.12 bits per heavy atom. The van der Waals surface area contributed by atoms with Gasteiger partial charge in [0.1, 0.15) is 6.61 Å². The summed E-state index contributed by atoms with van der Waals surface area (Å²) >= 11 is 3.45. The lowest BCUT2D eigenvalue weighted by molar-refractivity contribution is 0.288. The molecular weight excluding hydrogens is 282 g/mol. The average Bonchev–Trinajstić information content (AvgIpc) is 2.30. The van der Waals surface area contributed by atoms with E-state index in [9.17, 15) is 0 Å². The smallest absolute Gasteiger partial charge is 0.175 e. The van der Waals surface area contributed by atoms with Crippen molar-refractivity contribution in [2.75, 3.05) is 26.8 Å². The first-order chi connectivity index (χ1) is 8.15. The van der Waals surface area contributed by atoms with Crippen LogP contribution in [0, 0.1) is 5.92 Å². The number of ether oxygens (including phenoxy) is 2. The van der Waals surface area contributed by atoms with Gasteiger partial charge in [-0.2, -0.15) is 0 Å². The first-order valence-corrected chi connectivity index (χ1v) is 6.60. The van der Waals surface area contributed by atoms with Crippen molar-refractivity contribution >= 4 is 15.9 Å². The van der Waals surface area contributed by atoms with Crippen LogP contribution in [-0.4, -0.2) is 26.8 Å². The molecule has 0 atom stereocenters. The Labute approximate surface area is 112 Å². The largest absolute Gasteiger partial charge is 0.493 e. The first kappa shape index (κ1) is 14.3. The molecule has 1 N–H and O–H groups in total. The number of methoxy groups -OCH3 is 1. The molecule has 0 saturated heterocycles. The van der Waals surface area contributed by atoms with E-state index in [-0.39, 0.29) is 0 Å². The second-order valence-corrected chi connectivity index (χ2v) is 5.07. The van der Waals surface area contributed by atoms with Crippen molar-refractivity contribution in [2.24, 2.45) is 5.92 Å². The highest BCUT2D eigenvalue weighted by atomic mass is 79.9. The first-order valence-electron chi connectivity index (χ1n) is 5.81. The minimum Gasteiger partial charge on any atom is -0.493 e. The highest BCUT2D eigenvalue weighted by Crippen LogP contribution is 2.34. The Kier molecular flexibility index (Phi) is 6.37. The van der Waals surface area contributed by atoms with Gasteiger partial charge in [0.05, 0.1) is 11.6 Å². The molecule has 0 aliphatic heterocycles. The molecule has 0 saturated carbocycles. The Hall–Kier alpha value is -0.740.